The number of carbonyl (C=O) groups excluding carboxylic acids is 1. The molecule has 0 atom stereocenters. The van der Waals surface area contributed by atoms with Gasteiger partial charge in [0.05, 0.1) is 30.9 Å². The van der Waals surface area contributed by atoms with E-state index in [4.69, 9.17) is 21.1 Å². The van der Waals surface area contributed by atoms with Gasteiger partial charge < -0.3 is 14.8 Å². The van der Waals surface area contributed by atoms with E-state index in [1.54, 1.807) is 30.3 Å². The summed E-state index contributed by atoms with van der Waals surface area (Å²) in [6, 6.07) is 22.0. The number of methoxy groups -OCH3 is 1. The van der Waals surface area contributed by atoms with E-state index in [2.05, 4.69) is 5.32 Å². The summed E-state index contributed by atoms with van der Waals surface area (Å²) in [6.07, 6.45) is 0. The molecule has 1 amide bonds. The van der Waals surface area contributed by atoms with Crippen molar-refractivity contribution in [1.82, 2.24) is 5.32 Å². The predicted octanol–water partition coefficient (Wildman–Crippen LogP) is 3.88. The largest absolute Gasteiger partial charge is 0.497 e. The number of ether oxygens (including phenoxy) is 2. The number of hydrogen-bond acceptors (Lipinski definition) is 5. The topological polar surface area (TPSA) is 84.9 Å². The van der Waals surface area contributed by atoms with E-state index in [9.17, 15) is 13.2 Å². The fourth-order valence-electron chi connectivity index (χ4n) is 3.03. The molecule has 9 heteroatoms. The smallest absolute Gasteiger partial charge is 0.264 e. The lowest BCUT2D eigenvalue weighted by Crippen LogP contribution is -2.41. The lowest BCUT2D eigenvalue weighted by Gasteiger charge is -2.24. The van der Waals surface area contributed by atoms with Gasteiger partial charge in [-0.3, -0.25) is 9.10 Å². The van der Waals surface area contributed by atoms with Gasteiger partial charge in [0.1, 0.15) is 12.3 Å². The van der Waals surface area contributed by atoms with Crippen LogP contribution in [0.1, 0.15) is 5.56 Å². The first-order valence-electron chi connectivity index (χ1n) is 10.2. The van der Waals surface area contributed by atoms with Gasteiger partial charge >= 0.3 is 0 Å². The molecule has 0 unspecified atom stereocenters. The van der Waals surface area contributed by atoms with Crippen LogP contribution in [-0.2, 0) is 26.2 Å². The van der Waals surface area contributed by atoms with Crippen LogP contribution in [0.15, 0.2) is 83.8 Å². The molecule has 0 aliphatic rings. The first-order valence-corrected chi connectivity index (χ1v) is 12.0. The van der Waals surface area contributed by atoms with E-state index in [0.717, 1.165) is 9.87 Å². The Morgan fingerprint density at radius 2 is 1.73 bits per heavy atom. The van der Waals surface area contributed by atoms with E-state index < -0.39 is 22.5 Å². The van der Waals surface area contributed by atoms with Crippen molar-refractivity contribution in [2.75, 3.05) is 31.1 Å². The number of halogens is 1. The Kier molecular flexibility index (Phi) is 8.71. The second-order valence-corrected chi connectivity index (χ2v) is 9.35. The molecule has 0 aliphatic carbocycles. The minimum atomic E-state index is -4.04. The van der Waals surface area contributed by atoms with Gasteiger partial charge in [-0.25, -0.2) is 8.42 Å². The summed E-state index contributed by atoms with van der Waals surface area (Å²) >= 11 is 6.07. The summed E-state index contributed by atoms with van der Waals surface area (Å²) < 4.78 is 38.4. The van der Waals surface area contributed by atoms with Crippen molar-refractivity contribution in [2.45, 2.75) is 11.5 Å². The summed E-state index contributed by atoms with van der Waals surface area (Å²) in [7, 11) is -2.54. The van der Waals surface area contributed by atoms with Gasteiger partial charge in [0.25, 0.3) is 10.0 Å². The fraction of sp³-hybridized carbons (Fsp3) is 0.208. The van der Waals surface area contributed by atoms with Crippen molar-refractivity contribution in [3.63, 3.8) is 0 Å². The zero-order chi connectivity index (χ0) is 23.7. The Labute approximate surface area is 198 Å². The van der Waals surface area contributed by atoms with Crippen LogP contribution in [-0.4, -0.2) is 41.1 Å². The summed E-state index contributed by atoms with van der Waals surface area (Å²) in [5.74, 6) is 0.0619. The lowest BCUT2D eigenvalue weighted by molar-refractivity contribution is -0.119. The molecule has 7 nitrogen and oxygen atoms in total. The molecule has 0 heterocycles. The number of hydrogen-bond donors (Lipinski definition) is 1. The van der Waals surface area contributed by atoms with Crippen LogP contribution < -0.4 is 14.4 Å². The van der Waals surface area contributed by atoms with Crippen LogP contribution >= 0.6 is 11.6 Å². The summed E-state index contributed by atoms with van der Waals surface area (Å²) in [5.41, 5.74) is 1.32. The van der Waals surface area contributed by atoms with Gasteiger partial charge in [-0.2, -0.15) is 0 Å². The number of sulfonamides is 1. The molecule has 0 aromatic heterocycles. The molecule has 0 saturated carbocycles. The standard InChI is InChI=1S/C24H25ClN2O5S/c1-31-22-10-12-23(13-11-22)33(29,30)27(21-9-5-8-20(25)16-21)17-24(28)26-14-15-32-18-19-6-3-2-4-7-19/h2-13,16H,14-15,17-18H2,1H3,(H,26,28). The molecule has 0 spiro atoms. The minimum Gasteiger partial charge on any atom is -0.497 e. The highest BCUT2D eigenvalue weighted by Crippen LogP contribution is 2.27. The molecular weight excluding hydrogens is 464 g/mol. The average molecular weight is 489 g/mol. The number of benzene rings is 3. The first-order chi connectivity index (χ1) is 15.9. The molecule has 3 aromatic carbocycles. The third kappa shape index (κ3) is 6.95. The highest BCUT2D eigenvalue weighted by atomic mass is 35.5. The minimum absolute atomic E-state index is 0.0299. The molecule has 0 radical (unpaired) electrons. The van der Waals surface area contributed by atoms with E-state index in [-0.39, 0.29) is 17.1 Å². The van der Waals surface area contributed by atoms with Gasteiger partial charge in [0, 0.05) is 11.6 Å². The van der Waals surface area contributed by atoms with Crippen LogP contribution in [0.4, 0.5) is 5.69 Å². The summed E-state index contributed by atoms with van der Waals surface area (Å²) in [5, 5.41) is 3.06. The van der Waals surface area contributed by atoms with Crippen molar-refractivity contribution in [1.29, 1.82) is 0 Å². The van der Waals surface area contributed by atoms with E-state index in [0.29, 0.717) is 24.0 Å². The lowest BCUT2D eigenvalue weighted by atomic mass is 10.2. The van der Waals surface area contributed by atoms with E-state index in [1.165, 1.54) is 25.3 Å². The summed E-state index contributed by atoms with van der Waals surface area (Å²) in [4.78, 5) is 12.6. The number of anilines is 1. The van der Waals surface area contributed by atoms with Gasteiger partial charge in [0.15, 0.2) is 0 Å². The quantitative estimate of drug-likeness (QED) is 0.414. The number of nitrogens with one attached hydrogen (secondary N) is 1. The van der Waals surface area contributed by atoms with E-state index >= 15 is 0 Å². The third-order valence-electron chi connectivity index (χ3n) is 4.71. The first kappa shape index (κ1) is 24.6. The molecule has 0 saturated heterocycles. The fourth-order valence-corrected chi connectivity index (χ4v) is 4.63. The summed E-state index contributed by atoms with van der Waals surface area (Å²) in [6.45, 7) is 0.561. The molecule has 3 rings (SSSR count). The molecule has 174 valence electrons. The number of rotatable bonds is 11. The normalized spacial score (nSPS) is 11.1. The number of carbonyl (C=O) groups is 1. The van der Waals surface area contributed by atoms with Crippen molar-refractivity contribution >= 4 is 33.2 Å². The number of nitrogens with zero attached hydrogens (tertiary/aromatic N) is 1. The molecule has 33 heavy (non-hydrogen) atoms. The Balaban J connectivity index is 1.67. The Morgan fingerprint density at radius 1 is 1.00 bits per heavy atom. The van der Waals surface area contributed by atoms with Gasteiger partial charge in [-0.05, 0) is 48.0 Å². The average Bonchev–Trinajstić information content (AvgIpc) is 2.83. The molecular formula is C24H25ClN2O5S. The van der Waals surface area contributed by atoms with Gasteiger partial charge in [-0.1, -0.05) is 48.0 Å². The zero-order valence-corrected chi connectivity index (χ0v) is 19.7. The number of amides is 1. The SMILES string of the molecule is COc1ccc(S(=O)(=O)N(CC(=O)NCCOCc2ccccc2)c2cccc(Cl)c2)cc1. The van der Waals surface area contributed by atoms with Crippen molar-refractivity contribution in [3.8, 4) is 5.75 Å². The van der Waals surface area contributed by atoms with Crippen LogP contribution in [0, 0.1) is 0 Å². The van der Waals surface area contributed by atoms with Crippen molar-refractivity contribution < 1.29 is 22.7 Å². The molecule has 0 aliphatic heterocycles. The second-order valence-electron chi connectivity index (χ2n) is 7.06. The van der Waals surface area contributed by atoms with Crippen LogP contribution in [0.5, 0.6) is 5.75 Å². The van der Waals surface area contributed by atoms with Crippen molar-refractivity contribution in [2.24, 2.45) is 0 Å². The van der Waals surface area contributed by atoms with Gasteiger partial charge in [0.2, 0.25) is 5.91 Å². The zero-order valence-electron chi connectivity index (χ0n) is 18.1. The van der Waals surface area contributed by atoms with Crippen LogP contribution in [0.25, 0.3) is 0 Å². The Bertz CT molecular complexity index is 1150. The third-order valence-corrected chi connectivity index (χ3v) is 6.73. The highest BCUT2D eigenvalue weighted by molar-refractivity contribution is 7.92. The predicted molar refractivity (Wildman–Crippen MR) is 128 cm³/mol. The monoisotopic (exact) mass is 488 g/mol. The highest BCUT2D eigenvalue weighted by Gasteiger charge is 2.27. The maximum absolute atomic E-state index is 13.3. The molecule has 3 aromatic rings. The molecule has 1 N–H and O–H groups in total. The van der Waals surface area contributed by atoms with Crippen molar-refractivity contribution in [3.05, 3.63) is 89.4 Å². The Morgan fingerprint density at radius 3 is 2.39 bits per heavy atom. The van der Waals surface area contributed by atoms with Crippen LogP contribution in [0.3, 0.4) is 0 Å². The maximum atomic E-state index is 13.3. The Hall–Kier alpha value is -3.07. The van der Waals surface area contributed by atoms with E-state index in [1.807, 2.05) is 30.3 Å². The maximum Gasteiger partial charge on any atom is 0.264 e. The van der Waals surface area contributed by atoms with Crippen LogP contribution in [0.2, 0.25) is 5.02 Å². The van der Waals surface area contributed by atoms with Gasteiger partial charge in [-0.15, -0.1) is 0 Å². The molecule has 0 bridgehead atoms. The second kappa shape index (κ2) is 11.7. The molecule has 0 fully saturated rings.